The van der Waals surface area contributed by atoms with Crippen molar-refractivity contribution in [2.24, 2.45) is 5.92 Å². The zero-order chi connectivity index (χ0) is 14.1. The fourth-order valence-corrected chi connectivity index (χ4v) is 3.90. The van der Waals surface area contributed by atoms with Gasteiger partial charge in [0.05, 0.1) is 18.3 Å². The van der Waals surface area contributed by atoms with Crippen LogP contribution in [0.15, 0.2) is 4.42 Å². The van der Waals surface area contributed by atoms with Crippen LogP contribution in [0.1, 0.15) is 55.9 Å². The molecule has 1 aliphatic heterocycles. The first-order valence-electron chi connectivity index (χ1n) is 8.00. The fraction of sp³-hybridized carbons (Fsp3) is 0.812. The summed E-state index contributed by atoms with van der Waals surface area (Å²) in [5, 5.41) is 10.3. The Morgan fingerprint density at radius 1 is 1.20 bits per heavy atom. The van der Waals surface area contributed by atoms with Gasteiger partial charge in [0, 0.05) is 12.0 Å². The maximum atomic E-state index is 10.3. The van der Waals surface area contributed by atoms with Gasteiger partial charge in [0.2, 0.25) is 5.89 Å². The van der Waals surface area contributed by atoms with Crippen molar-refractivity contribution in [3.8, 4) is 0 Å². The molecular weight excluding hydrogens is 252 g/mol. The molecule has 3 atom stereocenters. The minimum atomic E-state index is -0.109. The van der Waals surface area contributed by atoms with Crippen LogP contribution in [0.25, 0.3) is 0 Å². The van der Waals surface area contributed by atoms with E-state index in [2.05, 4.69) is 9.88 Å². The van der Waals surface area contributed by atoms with E-state index >= 15 is 0 Å². The summed E-state index contributed by atoms with van der Waals surface area (Å²) in [7, 11) is 0. The molecule has 20 heavy (non-hydrogen) atoms. The third-order valence-corrected chi connectivity index (χ3v) is 5.10. The first kappa shape index (κ1) is 14.1. The van der Waals surface area contributed by atoms with Crippen LogP contribution in [0.5, 0.6) is 0 Å². The lowest BCUT2D eigenvalue weighted by Crippen LogP contribution is -2.42. The van der Waals surface area contributed by atoms with Gasteiger partial charge in [-0.2, -0.15) is 0 Å². The number of aliphatic hydroxyl groups excluding tert-OH is 1. The summed E-state index contributed by atoms with van der Waals surface area (Å²) < 4.78 is 5.72. The van der Waals surface area contributed by atoms with Crippen LogP contribution in [0.4, 0.5) is 0 Å². The lowest BCUT2D eigenvalue weighted by Gasteiger charge is -2.36. The Morgan fingerprint density at radius 3 is 2.70 bits per heavy atom. The topological polar surface area (TPSA) is 49.5 Å². The molecule has 0 radical (unpaired) electrons. The predicted molar refractivity (Wildman–Crippen MR) is 77.4 cm³/mol. The molecule has 1 aromatic heterocycles. The van der Waals surface area contributed by atoms with E-state index in [-0.39, 0.29) is 6.10 Å². The molecule has 3 rings (SSSR count). The van der Waals surface area contributed by atoms with E-state index < -0.39 is 0 Å². The summed E-state index contributed by atoms with van der Waals surface area (Å²) in [6.45, 7) is 5.86. The van der Waals surface area contributed by atoms with Crippen molar-refractivity contribution in [3.05, 3.63) is 17.3 Å². The summed E-state index contributed by atoms with van der Waals surface area (Å²) in [6.07, 6.45) is 6.93. The molecule has 0 spiro atoms. The Bertz CT molecular complexity index is 438. The van der Waals surface area contributed by atoms with Crippen molar-refractivity contribution < 1.29 is 9.52 Å². The molecule has 0 bridgehead atoms. The summed E-state index contributed by atoms with van der Waals surface area (Å²) in [4.78, 5) is 6.98. The number of rotatable bonds is 3. The zero-order valence-corrected chi connectivity index (χ0v) is 12.6. The van der Waals surface area contributed by atoms with E-state index in [1.54, 1.807) is 0 Å². The van der Waals surface area contributed by atoms with Gasteiger partial charge in [0.15, 0.2) is 0 Å². The highest BCUT2D eigenvalue weighted by Crippen LogP contribution is 2.35. The Balaban J connectivity index is 1.68. The highest BCUT2D eigenvalue weighted by Gasteiger charge is 2.37. The molecule has 2 fully saturated rings. The number of aliphatic hydroxyl groups is 1. The molecule has 2 aliphatic rings. The fourth-order valence-electron chi connectivity index (χ4n) is 3.90. The van der Waals surface area contributed by atoms with Crippen LogP contribution in [-0.4, -0.2) is 33.7 Å². The SMILES string of the molecule is Cc1nc(CN2CCCC2C2CCCCC2O)oc1C. The number of nitrogens with zero attached hydrogens (tertiary/aromatic N) is 2. The molecule has 1 aliphatic carbocycles. The van der Waals surface area contributed by atoms with Gasteiger partial charge < -0.3 is 9.52 Å². The molecule has 1 saturated heterocycles. The first-order valence-corrected chi connectivity index (χ1v) is 8.00. The highest BCUT2D eigenvalue weighted by atomic mass is 16.4. The number of hydrogen-bond donors (Lipinski definition) is 1. The number of aryl methyl sites for hydroxylation is 2. The lowest BCUT2D eigenvalue weighted by atomic mass is 9.80. The monoisotopic (exact) mass is 278 g/mol. The van der Waals surface area contributed by atoms with Crippen molar-refractivity contribution in [1.82, 2.24) is 9.88 Å². The number of likely N-dealkylation sites (tertiary alicyclic amines) is 1. The minimum absolute atomic E-state index is 0.109. The van der Waals surface area contributed by atoms with Gasteiger partial charge in [0.1, 0.15) is 5.76 Å². The van der Waals surface area contributed by atoms with E-state index in [1.807, 2.05) is 13.8 Å². The molecule has 0 amide bonds. The van der Waals surface area contributed by atoms with Gasteiger partial charge >= 0.3 is 0 Å². The van der Waals surface area contributed by atoms with Gasteiger partial charge in [-0.05, 0) is 46.1 Å². The molecule has 1 saturated carbocycles. The zero-order valence-electron chi connectivity index (χ0n) is 12.6. The van der Waals surface area contributed by atoms with Crippen LogP contribution in [0, 0.1) is 19.8 Å². The average Bonchev–Trinajstić information content (AvgIpc) is 2.98. The van der Waals surface area contributed by atoms with E-state index in [1.165, 1.54) is 32.1 Å². The summed E-state index contributed by atoms with van der Waals surface area (Å²) in [5.41, 5.74) is 0.994. The number of oxazole rings is 1. The second kappa shape index (κ2) is 5.86. The Hall–Kier alpha value is -0.870. The average molecular weight is 278 g/mol. The minimum Gasteiger partial charge on any atom is -0.444 e. The third kappa shape index (κ3) is 2.77. The Labute approximate surface area is 121 Å². The highest BCUT2D eigenvalue weighted by molar-refractivity contribution is 5.05. The number of aromatic nitrogens is 1. The largest absolute Gasteiger partial charge is 0.444 e. The van der Waals surface area contributed by atoms with Crippen molar-refractivity contribution in [3.63, 3.8) is 0 Å². The summed E-state index contributed by atoms with van der Waals surface area (Å²) >= 11 is 0. The molecule has 1 aromatic rings. The van der Waals surface area contributed by atoms with Gasteiger partial charge in [-0.3, -0.25) is 4.90 Å². The van der Waals surface area contributed by atoms with Crippen molar-refractivity contribution in [2.45, 2.75) is 71.1 Å². The molecule has 0 aromatic carbocycles. The first-order chi connectivity index (χ1) is 9.65. The van der Waals surface area contributed by atoms with Gasteiger partial charge in [-0.15, -0.1) is 0 Å². The van der Waals surface area contributed by atoms with Gasteiger partial charge in [0.25, 0.3) is 0 Å². The van der Waals surface area contributed by atoms with Crippen LogP contribution < -0.4 is 0 Å². The lowest BCUT2D eigenvalue weighted by molar-refractivity contribution is 0.0181. The Kier molecular flexibility index (Phi) is 4.13. The normalized spacial score (nSPS) is 31.9. The predicted octanol–water partition coefficient (Wildman–Crippen LogP) is 2.81. The van der Waals surface area contributed by atoms with Crippen molar-refractivity contribution in [2.75, 3.05) is 6.54 Å². The van der Waals surface area contributed by atoms with Crippen LogP contribution in [0.3, 0.4) is 0 Å². The third-order valence-electron chi connectivity index (χ3n) is 5.10. The maximum absolute atomic E-state index is 10.3. The maximum Gasteiger partial charge on any atom is 0.208 e. The Morgan fingerprint density at radius 2 is 2.00 bits per heavy atom. The van der Waals surface area contributed by atoms with Crippen LogP contribution in [0.2, 0.25) is 0 Å². The molecular formula is C16H26N2O2. The van der Waals surface area contributed by atoms with E-state index in [4.69, 9.17) is 4.42 Å². The van der Waals surface area contributed by atoms with Crippen LogP contribution in [-0.2, 0) is 6.54 Å². The van der Waals surface area contributed by atoms with E-state index in [0.717, 1.165) is 36.9 Å². The van der Waals surface area contributed by atoms with Crippen molar-refractivity contribution >= 4 is 0 Å². The number of hydrogen-bond acceptors (Lipinski definition) is 4. The molecule has 4 nitrogen and oxygen atoms in total. The van der Waals surface area contributed by atoms with Gasteiger partial charge in [-0.1, -0.05) is 12.8 Å². The molecule has 2 heterocycles. The standard InChI is InChI=1S/C16H26N2O2/c1-11-12(2)20-16(17-11)10-18-9-5-7-14(18)13-6-3-4-8-15(13)19/h13-15,19H,3-10H2,1-2H3. The second-order valence-electron chi connectivity index (χ2n) is 6.44. The molecule has 112 valence electrons. The summed E-state index contributed by atoms with van der Waals surface area (Å²) in [6, 6.07) is 0.512. The van der Waals surface area contributed by atoms with Crippen LogP contribution >= 0.6 is 0 Å². The van der Waals surface area contributed by atoms with E-state index in [9.17, 15) is 5.11 Å². The molecule has 3 unspecified atom stereocenters. The van der Waals surface area contributed by atoms with E-state index in [0.29, 0.717) is 12.0 Å². The molecule has 1 N–H and O–H groups in total. The molecule has 4 heteroatoms. The second-order valence-corrected chi connectivity index (χ2v) is 6.44. The van der Waals surface area contributed by atoms with Crippen molar-refractivity contribution in [1.29, 1.82) is 0 Å². The quantitative estimate of drug-likeness (QED) is 0.923. The smallest absolute Gasteiger partial charge is 0.208 e. The summed E-state index contributed by atoms with van der Waals surface area (Å²) in [5.74, 6) is 2.20. The van der Waals surface area contributed by atoms with Gasteiger partial charge in [-0.25, -0.2) is 4.98 Å².